The number of aryl methyl sites for hydroxylation is 2. The molecule has 0 aromatic heterocycles. The number of ether oxygens (including phenoxy) is 2. The maximum atomic E-state index is 12.7. The van der Waals surface area contributed by atoms with Gasteiger partial charge in [0.25, 0.3) is 0 Å². The summed E-state index contributed by atoms with van der Waals surface area (Å²) in [5.41, 5.74) is 1.14. The number of nitro groups is 2. The lowest BCUT2D eigenvalue weighted by Gasteiger charge is -2.20. The van der Waals surface area contributed by atoms with Crippen molar-refractivity contribution in [3.63, 3.8) is 0 Å². The molecular formula is C23H27N5O8. The maximum Gasteiger partial charge on any atom is 0.311 e. The van der Waals surface area contributed by atoms with Gasteiger partial charge < -0.3 is 20.1 Å². The summed E-state index contributed by atoms with van der Waals surface area (Å²) in [5.74, 6) is -0.928. The molecule has 0 fully saturated rings. The first-order valence-electron chi connectivity index (χ1n) is 10.6. The molecule has 0 bridgehead atoms. The largest absolute Gasteiger partial charge is 0.490 e. The van der Waals surface area contributed by atoms with Crippen LogP contribution < -0.4 is 20.1 Å². The van der Waals surface area contributed by atoms with Crippen LogP contribution in [0.15, 0.2) is 36.9 Å². The Balaban J connectivity index is 2.12. The molecule has 0 atom stereocenters. The first kappa shape index (κ1) is 27.7. The molecule has 0 spiro atoms. The van der Waals surface area contributed by atoms with Crippen LogP contribution in [0.5, 0.6) is 11.5 Å². The zero-order chi connectivity index (χ0) is 27.0. The van der Waals surface area contributed by atoms with Gasteiger partial charge in [0, 0.05) is 42.2 Å². The molecule has 36 heavy (non-hydrogen) atoms. The molecule has 0 radical (unpaired) electrons. The quantitative estimate of drug-likeness (QED) is 0.252. The molecule has 2 aromatic carbocycles. The summed E-state index contributed by atoms with van der Waals surface area (Å²) in [6, 6.07) is 5.32. The van der Waals surface area contributed by atoms with Gasteiger partial charge in [0.15, 0.2) is 11.5 Å². The summed E-state index contributed by atoms with van der Waals surface area (Å²) in [7, 11) is 2.58. The molecular weight excluding hydrogens is 474 g/mol. The van der Waals surface area contributed by atoms with Crippen molar-refractivity contribution in [3.05, 3.63) is 68.3 Å². The lowest BCUT2D eigenvalue weighted by molar-refractivity contribution is -0.385. The number of hydrogen-bond donors (Lipinski definition) is 2. The Morgan fingerprint density at radius 1 is 0.889 bits per heavy atom. The van der Waals surface area contributed by atoms with Gasteiger partial charge in [-0.2, -0.15) is 0 Å². The number of methoxy groups -OCH3 is 2. The van der Waals surface area contributed by atoms with Crippen molar-refractivity contribution in [3.8, 4) is 11.5 Å². The van der Waals surface area contributed by atoms with E-state index in [0.717, 1.165) is 0 Å². The molecule has 2 amide bonds. The Labute approximate surface area is 207 Å². The third-order valence-corrected chi connectivity index (χ3v) is 5.12. The SMILES string of the molecule is C=CCN(CC(=O)Nc1cc(OC)c([N+](=O)[O-])cc1C)CC(=O)Nc1cc(OC)c([N+](=O)[O-])cc1C. The molecule has 0 unspecified atom stereocenters. The fraction of sp³-hybridized carbons (Fsp3) is 0.304. The first-order valence-corrected chi connectivity index (χ1v) is 10.6. The second-order valence-corrected chi connectivity index (χ2v) is 7.75. The minimum atomic E-state index is -0.579. The molecule has 13 heteroatoms. The summed E-state index contributed by atoms with van der Waals surface area (Å²) in [4.78, 5) is 48.0. The lowest BCUT2D eigenvalue weighted by atomic mass is 10.1. The van der Waals surface area contributed by atoms with Gasteiger partial charge in [0.05, 0.1) is 37.2 Å². The van der Waals surface area contributed by atoms with E-state index in [2.05, 4.69) is 17.2 Å². The van der Waals surface area contributed by atoms with E-state index < -0.39 is 21.7 Å². The summed E-state index contributed by atoms with van der Waals surface area (Å²) in [5, 5.41) is 27.7. The van der Waals surface area contributed by atoms with Crippen LogP contribution in [0.2, 0.25) is 0 Å². The van der Waals surface area contributed by atoms with Crippen molar-refractivity contribution in [1.82, 2.24) is 4.90 Å². The van der Waals surface area contributed by atoms with Gasteiger partial charge in [-0.25, -0.2) is 0 Å². The van der Waals surface area contributed by atoms with Crippen LogP contribution in [0.4, 0.5) is 22.7 Å². The van der Waals surface area contributed by atoms with Gasteiger partial charge in [-0.3, -0.25) is 34.7 Å². The number of nitro benzene ring substituents is 2. The minimum absolute atomic E-state index is 0.00267. The van der Waals surface area contributed by atoms with E-state index >= 15 is 0 Å². The van der Waals surface area contributed by atoms with E-state index in [-0.39, 0.29) is 42.5 Å². The number of amides is 2. The fourth-order valence-electron chi connectivity index (χ4n) is 3.38. The zero-order valence-electron chi connectivity index (χ0n) is 20.3. The molecule has 0 aliphatic heterocycles. The minimum Gasteiger partial charge on any atom is -0.490 e. The predicted molar refractivity (Wildman–Crippen MR) is 133 cm³/mol. The number of anilines is 2. The standard InChI is InChI=1S/C23H27N5O8/c1-6-7-26(12-22(29)24-16-10-20(35-4)18(27(31)32)8-14(16)2)13-23(30)25-17-11-21(36-5)19(28(33)34)9-15(17)3/h6,8-11H,1,7,12-13H2,2-5H3,(H,24,29)(H,25,30). The summed E-state index contributed by atoms with van der Waals surface area (Å²) in [6.07, 6.45) is 1.53. The van der Waals surface area contributed by atoms with Crippen LogP contribution in [0, 0.1) is 34.1 Å². The Bertz CT molecular complexity index is 1110. The molecule has 0 heterocycles. The third-order valence-electron chi connectivity index (χ3n) is 5.12. The van der Waals surface area contributed by atoms with Crippen molar-refractivity contribution in [1.29, 1.82) is 0 Å². The van der Waals surface area contributed by atoms with Crippen LogP contribution in [-0.4, -0.2) is 60.4 Å². The average Bonchev–Trinajstić information content (AvgIpc) is 2.80. The average molecular weight is 501 g/mol. The molecule has 13 nitrogen and oxygen atoms in total. The number of carbonyl (C=O) groups is 2. The Morgan fingerprint density at radius 2 is 1.28 bits per heavy atom. The van der Waals surface area contributed by atoms with E-state index in [1.807, 2.05) is 0 Å². The van der Waals surface area contributed by atoms with Crippen LogP contribution in [0.3, 0.4) is 0 Å². The van der Waals surface area contributed by atoms with Gasteiger partial charge in [-0.05, 0) is 25.0 Å². The Hall–Kier alpha value is -4.52. The molecule has 2 aromatic rings. The van der Waals surface area contributed by atoms with Crippen LogP contribution in [0.1, 0.15) is 11.1 Å². The summed E-state index contributed by atoms with van der Waals surface area (Å²) in [6.45, 7) is 6.72. The molecule has 0 saturated carbocycles. The Kier molecular flexibility index (Phi) is 9.44. The topological polar surface area (TPSA) is 166 Å². The molecule has 0 aliphatic carbocycles. The van der Waals surface area contributed by atoms with Gasteiger partial charge in [0.1, 0.15) is 0 Å². The Morgan fingerprint density at radius 3 is 1.58 bits per heavy atom. The first-order chi connectivity index (χ1) is 17.0. The van der Waals surface area contributed by atoms with Gasteiger partial charge in [-0.15, -0.1) is 6.58 Å². The number of benzene rings is 2. The number of hydrogen-bond acceptors (Lipinski definition) is 9. The monoisotopic (exact) mass is 501 g/mol. The van der Waals surface area contributed by atoms with E-state index in [1.54, 1.807) is 13.8 Å². The smallest absolute Gasteiger partial charge is 0.311 e. The zero-order valence-corrected chi connectivity index (χ0v) is 20.3. The van der Waals surface area contributed by atoms with E-state index in [4.69, 9.17) is 9.47 Å². The van der Waals surface area contributed by atoms with Crippen molar-refractivity contribution < 1.29 is 28.9 Å². The summed E-state index contributed by atoms with van der Waals surface area (Å²) >= 11 is 0. The van der Waals surface area contributed by atoms with Crippen molar-refractivity contribution in [2.24, 2.45) is 0 Å². The molecule has 0 aliphatic rings. The molecule has 192 valence electrons. The summed E-state index contributed by atoms with van der Waals surface area (Å²) < 4.78 is 10.1. The highest BCUT2D eigenvalue weighted by molar-refractivity contribution is 5.96. The number of carbonyl (C=O) groups excluding carboxylic acids is 2. The fourth-order valence-corrected chi connectivity index (χ4v) is 3.38. The second-order valence-electron chi connectivity index (χ2n) is 7.75. The molecule has 0 saturated heterocycles. The van der Waals surface area contributed by atoms with Crippen molar-refractivity contribution in [2.45, 2.75) is 13.8 Å². The highest BCUT2D eigenvalue weighted by atomic mass is 16.6. The number of rotatable bonds is 12. The van der Waals surface area contributed by atoms with Crippen LogP contribution >= 0.6 is 0 Å². The van der Waals surface area contributed by atoms with Gasteiger partial charge in [0.2, 0.25) is 11.8 Å². The lowest BCUT2D eigenvalue weighted by Crippen LogP contribution is -2.39. The van der Waals surface area contributed by atoms with E-state index in [1.165, 1.54) is 49.5 Å². The maximum absolute atomic E-state index is 12.7. The third kappa shape index (κ3) is 6.99. The van der Waals surface area contributed by atoms with Gasteiger partial charge >= 0.3 is 11.4 Å². The van der Waals surface area contributed by atoms with E-state index in [9.17, 15) is 29.8 Å². The normalized spacial score (nSPS) is 10.5. The highest BCUT2D eigenvalue weighted by Gasteiger charge is 2.21. The van der Waals surface area contributed by atoms with Crippen LogP contribution in [0.25, 0.3) is 0 Å². The number of nitrogens with zero attached hydrogens (tertiary/aromatic N) is 3. The molecule has 2 N–H and O–H groups in total. The van der Waals surface area contributed by atoms with Crippen LogP contribution in [-0.2, 0) is 9.59 Å². The van der Waals surface area contributed by atoms with Crippen molar-refractivity contribution >= 4 is 34.6 Å². The highest BCUT2D eigenvalue weighted by Crippen LogP contribution is 2.33. The number of nitrogens with one attached hydrogen (secondary N) is 2. The predicted octanol–water partition coefficient (Wildman–Crippen LogP) is 3.20. The van der Waals surface area contributed by atoms with Crippen molar-refractivity contribution in [2.75, 3.05) is 44.5 Å². The van der Waals surface area contributed by atoms with Gasteiger partial charge in [-0.1, -0.05) is 6.08 Å². The molecule has 2 rings (SSSR count). The van der Waals surface area contributed by atoms with E-state index in [0.29, 0.717) is 22.5 Å². The second kappa shape index (κ2) is 12.3.